The van der Waals surface area contributed by atoms with Crippen LogP contribution in [0, 0.1) is 6.92 Å². The Balaban J connectivity index is 2.66. The molecular weight excluding hydrogens is 208 g/mol. The van der Waals surface area contributed by atoms with Gasteiger partial charge in [0.15, 0.2) is 0 Å². The van der Waals surface area contributed by atoms with Gasteiger partial charge in [0.2, 0.25) is 5.91 Å². The average Bonchev–Trinajstić information content (AvgIpc) is 2.25. The van der Waals surface area contributed by atoms with E-state index in [0.29, 0.717) is 5.56 Å². The van der Waals surface area contributed by atoms with E-state index in [4.69, 9.17) is 0 Å². The third kappa shape index (κ3) is 3.29. The van der Waals surface area contributed by atoms with Crippen molar-refractivity contribution < 1.29 is 15.0 Å². The summed E-state index contributed by atoms with van der Waals surface area (Å²) in [5.41, 5.74) is 1.42. The number of aryl methyl sites for hydroxylation is 1. The Morgan fingerprint density at radius 2 is 2.25 bits per heavy atom. The number of nitrogens with one attached hydrogen (secondary N) is 1. The normalized spacial score (nSPS) is 14.2. The van der Waals surface area contributed by atoms with Crippen LogP contribution < -0.4 is 5.32 Å². The maximum absolute atomic E-state index is 10.7. The molecule has 2 unspecified atom stereocenters. The van der Waals surface area contributed by atoms with Crippen molar-refractivity contribution in [2.75, 3.05) is 6.54 Å². The molecule has 1 aromatic rings. The molecule has 0 saturated heterocycles. The maximum atomic E-state index is 10.7. The zero-order valence-electron chi connectivity index (χ0n) is 9.34. The summed E-state index contributed by atoms with van der Waals surface area (Å²) in [6.45, 7) is 3.20. The van der Waals surface area contributed by atoms with E-state index in [2.05, 4.69) is 10.3 Å². The van der Waals surface area contributed by atoms with E-state index in [1.54, 1.807) is 12.3 Å². The molecule has 2 atom stereocenters. The summed E-state index contributed by atoms with van der Waals surface area (Å²) < 4.78 is 0. The molecule has 1 rings (SSSR count). The SMILES string of the molecule is CC(=O)NCC(O)C(O)c1cnccc1C. The van der Waals surface area contributed by atoms with Crippen LogP contribution in [0.25, 0.3) is 0 Å². The third-order valence-corrected chi connectivity index (χ3v) is 2.32. The van der Waals surface area contributed by atoms with Crippen molar-refractivity contribution in [2.45, 2.75) is 26.1 Å². The van der Waals surface area contributed by atoms with Gasteiger partial charge in [0.05, 0.1) is 0 Å². The van der Waals surface area contributed by atoms with Gasteiger partial charge >= 0.3 is 0 Å². The second-order valence-corrected chi connectivity index (χ2v) is 3.68. The predicted molar refractivity (Wildman–Crippen MR) is 58.6 cm³/mol. The van der Waals surface area contributed by atoms with E-state index in [1.807, 2.05) is 6.92 Å². The molecule has 1 heterocycles. The standard InChI is InChI=1S/C11H16N2O3/c1-7-3-4-12-5-9(7)11(16)10(15)6-13-8(2)14/h3-5,10-11,15-16H,6H2,1-2H3,(H,13,14). The van der Waals surface area contributed by atoms with Gasteiger partial charge in [0.1, 0.15) is 12.2 Å². The molecule has 0 saturated carbocycles. The van der Waals surface area contributed by atoms with Crippen LogP contribution >= 0.6 is 0 Å². The minimum atomic E-state index is -1.04. The second-order valence-electron chi connectivity index (χ2n) is 3.68. The van der Waals surface area contributed by atoms with Crippen molar-refractivity contribution in [3.63, 3.8) is 0 Å². The Bertz CT molecular complexity index is 368. The average molecular weight is 224 g/mol. The molecule has 3 N–H and O–H groups in total. The molecule has 1 amide bonds. The number of aliphatic hydroxyl groups excluding tert-OH is 2. The van der Waals surface area contributed by atoms with Crippen LogP contribution in [0.5, 0.6) is 0 Å². The van der Waals surface area contributed by atoms with Crippen LogP contribution in [0.1, 0.15) is 24.2 Å². The predicted octanol–water partition coefficient (Wildman–Crippen LogP) is -0.0796. The zero-order chi connectivity index (χ0) is 12.1. The second kappa shape index (κ2) is 5.58. The van der Waals surface area contributed by atoms with E-state index >= 15 is 0 Å². The highest BCUT2D eigenvalue weighted by Crippen LogP contribution is 2.18. The van der Waals surface area contributed by atoms with Gasteiger partial charge in [-0.25, -0.2) is 0 Å². The molecule has 1 aromatic heterocycles. The third-order valence-electron chi connectivity index (χ3n) is 2.32. The van der Waals surface area contributed by atoms with Gasteiger partial charge in [0, 0.05) is 31.4 Å². The van der Waals surface area contributed by atoms with Crippen LogP contribution in [-0.4, -0.2) is 33.8 Å². The minimum absolute atomic E-state index is 0.0187. The Kier molecular flexibility index (Phi) is 4.39. The zero-order valence-corrected chi connectivity index (χ0v) is 9.34. The summed E-state index contributed by atoms with van der Waals surface area (Å²) in [6.07, 6.45) is 1.05. The minimum Gasteiger partial charge on any atom is -0.388 e. The number of pyridine rings is 1. The fourth-order valence-corrected chi connectivity index (χ4v) is 1.35. The highest BCUT2D eigenvalue weighted by molar-refractivity contribution is 5.72. The van der Waals surface area contributed by atoms with Gasteiger partial charge in [0.25, 0.3) is 0 Å². The number of nitrogens with zero attached hydrogens (tertiary/aromatic N) is 1. The van der Waals surface area contributed by atoms with E-state index in [9.17, 15) is 15.0 Å². The van der Waals surface area contributed by atoms with Crippen molar-refractivity contribution >= 4 is 5.91 Å². The van der Waals surface area contributed by atoms with Crippen molar-refractivity contribution in [1.29, 1.82) is 0 Å². The number of aliphatic hydroxyl groups is 2. The Morgan fingerprint density at radius 1 is 1.56 bits per heavy atom. The largest absolute Gasteiger partial charge is 0.388 e. The van der Waals surface area contributed by atoms with E-state index in [-0.39, 0.29) is 12.5 Å². The number of carbonyl (C=O) groups excluding carboxylic acids is 1. The van der Waals surface area contributed by atoms with Gasteiger partial charge in [-0.3, -0.25) is 9.78 Å². The molecule has 0 aliphatic heterocycles. The molecular formula is C11H16N2O3. The number of amides is 1. The summed E-state index contributed by atoms with van der Waals surface area (Å²) in [5, 5.41) is 21.9. The number of hydrogen-bond acceptors (Lipinski definition) is 4. The maximum Gasteiger partial charge on any atom is 0.216 e. The number of rotatable bonds is 4. The lowest BCUT2D eigenvalue weighted by molar-refractivity contribution is -0.119. The molecule has 0 aromatic carbocycles. The van der Waals surface area contributed by atoms with E-state index < -0.39 is 12.2 Å². The summed E-state index contributed by atoms with van der Waals surface area (Å²) in [4.78, 5) is 14.5. The molecule has 0 fully saturated rings. The Labute approximate surface area is 94.1 Å². The van der Waals surface area contributed by atoms with Crippen LogP contribution in [0.15, 0.2) is 18.5 Å². The van der Waals surface area contributed by atoms with Crippen molar-refractivity contribution in [2.24, 2.45) is 0 Å². The van der Waals surface area contributed by atoms with Gasteiger partial charge in [-0.2, -0.15) is 0 Å². The van der Waals surface area contributed by atoms with Crippen LogP contribution in [-0.2, 0) is 4.79 Å². The first-order valence-electron chi connectivity index (χ1n) is 5.03. The van der Waals surface area contributed by atoms with Crippen molar-refractivity contribution in [3.05, 3.63) is 29.6 Å². The van der Waals surface area contributed by atoms with Crippen LogP contribution in [0.4, 0.5) is 0 Å². The van der Waals surface area contributed by atoms with Gasteiger partial charge in [-0.05, 0) is 18.6 Å². The molecule has 5 heteroatoms. The fourth-order valence-electron chi connectivity index (χ4n) is 1.35. The summed E-state index contributed by atoms with van der Waals surface area (Å²) in [7, 11) is 0. The number of hydrogen-bond donors (Lipinski definition) is 3. The lowest BCUT2D eigenvalue weighted by Crippen LogP contribution is -2.34. The molecule has 16 heavy (non-hydrogen) atoms. The summed E-state index contributed by atoms with van der Waals surface area (Å²) in [5.74, 6) is -0.242. The van der Waals surface area contributed by atoms with Crippen LogP contribution in [0.3, 0.4) is 0 Å². The summed E-state index contributed by atoms with van der Waals surface area (Å²) >= 11 is 0. The van der Waals surface area contributed by atoms with Gasteiger partial charge in [-0.15, -0.1) is 0 Å². The van der Waals surface area contributed by atoms with Gasteiger partial charge in [-0.1, -0.05) is 0 Å². The highest BCUT2D eigenvalue weighted by atomic mass is 16.3. The van der Waals surface area contributed by atoms with Gasteiger partial charge < -0.3 is 15.5 Å². The fraction of sp³-hybridized carbons (Fsp3) is 0.455. The van der Waals surface area contributed by atoms with Crippen molar-refractivity contribution in [1.82, 2.24) is 10.3 Å². The quantitative estimate of drug-likeness (QED) is 0.668. The molecule has 0 aliphatic rings. The smallest absolute Gasteiger partial charge is 0.216 e. The van der Waals surface area contributed by atoms with Crippen molar-refractivity contribution in [3.8, 4) is 0 Å². The van der Waals surface area contributed by atoms with E-state index in [0.717, 1.165) is 5.56 Å². The number of aromatic nitrogens is 1. The first-order chi connectivity index (χ1) is 7.52. The Hall–Kier alpha value is -1.46. The molecule has 0 spiro atoms. The first-order valence-corrected chi connectivity index (χ1v) is 5.03. The monoisotopic (exact) mass is 224 g/mol. The molecule has 0 aliphatic carbocycles. The van der Waals surface area contributed by atoms with E-state index in [1.165, 1.54) is 13.1 Å². The number of carbonyl (C=O) groups is 1. The summed E-state index contributed by atoms with van der Waals surface area (Å²) in [6, 6.07) is 1.75. The molecule has 0 bridgehead atoms. The van der Waals surface area contributed by atoms with Crippen LogP contribution in [0.2, 0.25) is 0 Å². The highest BCUT2D eigenvalue weighted by Gasteiger charge is 2.20. The first kappa shape index (κ1) is 12.6. The lowest BCUT2D eigenvalue weighted by atomic mass is 10.0. The molecule has 5 nitrogen and oxygen atoms in total. The Morgan fingerprint density at radius 3 is 2.81 bits per heavy atom. The lowest BCUT2D eigenvalue weighted by Gasteiger charge is -2.19. The molecule has 88 valence electrons. The topological polar surface area (TPSA) is 82.5 Å². The molecule has 0 radical (unpaired) electrons.